The smallest absolute Gasteiger partial charge is 0.222 e. The third kappa shape index (κ3) is 4.19. The predicted octanol–water partition coefficient (Wildman–Crippen LogP) is 3.41. The van der Waals surface area contributed by atoms with E-state index >= 15 is 0 Å². The van der Waals surface area contributed by atoms with Gasteiger partial charge in [-0.3, -0.25) is 14.7 Å². The first-order chi connectivity index (χ1) is 13.3. The average molecular weight is 372 g/mol. The summed E-state index contributed by atoms with van der Waals surface area (Å²) in [5.74, 6) is 1.18. The molecule has 1 aromatic rings. The monoisotopic (exact) mass is 371 g/mol. The molecule has 2 aliphatic heterocycles. The Hall–Kier alpha value is -1.46. The molecule has 27 heavy (non-hydrogen) atoms. The average Bonchev–Trinajstić information content (AvgIpc) is 3.21. The van der Waals surface area contributed by atoms with Crippen molar-refractivity contribution >= 4 is 5.91 Å². The first kappa shape index (κ1) is 18.9. The van der Waals surface area contributed by atoms with Crippen LogP contribution in [-0.2, 0) is 9.53 Å². The van der Waals surface area contributed by atoms with Crippen LogP contribution in [-0.4, -0.2) is 59.6 Å². The van der Waals surface area contributed by atoms with E-state index in [1.165, 1.54) is 31.2 Å². The number of likely N-dealkylation sites (tertiary alicyclic amines) is 2. The Morgan fingerprint density at radius 3 is 2.52 bits per heavy atom. The van der Waals surface area contributed by atoms with Gasteiger partial charge in [-0.1, -0.05) is 25.7 Å². The van der Waals surface area contributed by atoms with Crippen LogP contribution < -0.4 is 0 Å². The van der Waals surface area contributed by atoms with Gasteiger partial charge < -0.3 is 9.64 Å². The molecular formula is C22H33N3O2. The maximum absolute atomic E-state index is 12.6. The molecule has 0 N–H and O–H groups in total. The van der Waals surface area contributed by atoms with Gasteiger partial charge in [0.2, 0.25) is 5.91 Å². The lowest BCUT2D eigenvalue weighted by atomic mass is 9.87. The minimum Gasteiger partial charge on any atom is -0.378 e. The third-order valence-electron chi connectivity index (χ3n) is 6.98. The lowest BCUT2D eigenvalue weighted by molar-refractivity contribution is -0.138. The van der Waals surface area contributed by atoms with E-state index in [0.29, 0.717) is 18.0 Å². The fourth-order valence-electron chi connectivity index (χ4n) is 5.27. The Morgan fingerprint density at radius 1 is 1.15 bits per heavy atom. The Kier molecular flexibility index (Phi) is 6.08. The van der Waals surface area contributed by atoms with E-state index in [2.05, 4.69) is 26.9 Å². The van der Waals surface area contributed by atoms with Crippen molar-refractivity contribution in [2.75, 3.05) is 26.7 Å². The molecule has 148 valence electrons. The number of carbonyl (C=O) groups excluding carboxylic acids is 1. The number of amides is 1. The highest BCUT2D eigenvalue weighted by Crippen LogP contribution is 2.39. The first-order valence-electron chi connectivity index (χ1n) is 10.7. The van der Waals surface area contributed by atoms with Crippen LogP contribution in [0.3, 0.4) is 0 Å². The molecule has 4 rings (SSSR count). The second-order valence-corrected chi connectivity index (χ2v) is 8.50. The van der Waals surface area contributed by atoms with Crippen LogP contribution in [0.4, 0.5) is 0 Å². The van der Waals surface area contributed by atoms with Crippen molar-refractivity contribution in [1.82, 2.24) is 14.8 Å². The van der Waals surface area contributed by atoms with E-state index in [1.54, 1.807) is 0 Å². The van der Waals surface area contributed by atoms with Gasteiger partial charge in [0.1, 0.15) is 0 Å². The lowest BCUT2D eigenvalue weighted by Gasteiger charge is -2.53. The molecule has 2 saturated heterocycles. The van der Waals surface area contributed by atoms with Crippen LogP contribution in [0, 0.1) is 5.92 Å². The van der Waals surface area contributed by atoms with Gasteiger partial charge in [0, 0.05) is 51.6 Å². The molecule has 1 amide bonds. The first-order valence-corrected chi connectivity index (χ1v) is 10.7. The predicted molar refractivity (Wildman–Crippen MR) is 105 cm³/mol. The number of pyridine rings is 1. The van der Waals surface area contributed by atoms with Crippen molar-refractivity contribution < 1.29 is 9.53 Å². The summed E-state index contributed by atoms with van der Waals surface area (Å²) >= 11 is 0. The highest BCUT2D eigenvalue weighted by Gasteiger charge is 2.44. The summed E-state index contributed by atoms with van der Waals surface area (Å²) < 4.78 is 5.69. The second-order valence-electron chi connectivity index (χ2n) is 8.50. The molecule has 2 unspecified atom stereocenters. The zero-order chi connectivity index (χ0) is 18.6. The van der Waals surface area contributed by atoms with Gasteiger partial charge in [0.05, 0.1) is 12.1 Å². The van der Waals surface area contributed by atoms with Crippen LogP contribution in [0.2, 0.25) is 0 Å². The van der Waals surface area contributed by atoms with Crippen molar-refractivity contribution in [2.24, 2.45) is 5.92 Å². The summed E-state index contributed by atoms with van der Waals surface area (Å²) in [5.41, 5.74) is 1.29. The fraction of sp³-hybridized carbons (Fsp3) is 0.727. The Balaban J connectivity index is 1.28. The van der Waals surface area contributed by atoms with Crippen molar-refractivity contribution in [1.29, 1.82) is 0 Å². The summed E-state index contributed by atoms with van der Waals surface area (Å²) in [7, 11) is 1.81. The molecule has 1 aromatic heterocycles. The molecule has 0 aromatic carbocycles. The van der Waals surface area contributed by atoms with E-state index in [1.807, 2.05) is 19.5 Å². The van der Waals surface area contributed by atoms with Crippen LogP contribution in [0.15, 0.2) is 24.5 Å². The largest absolute Gasteiger partial charge is 0.378 e. The summed E-state index contributed by atoms with van der Waals surface area (Å²) in [5, 5.41) is 0. The van der Waals surface area contributed by atoms with Gasteiger partial charge in [-0.15, -0.1) is 0 Å². The molecule has 2 atom stereocenters. The number of hydrogen-bond donors (Lipinski definition) is 0. The zero-order valence-corrected chi connectivity index (χ0v) is 16.6. The molecule has 5 heteroatoms. The number of methoxy groups -OCH3 is 1. The standard InChI is InChI=1S/C22H33N3O2/c1-27-20-16-25(22(20)18-8-12-23-13-9-18)19-10-14-24(15-11-19)21(26)7-6-17-4-2-3-5-17/h8-9,12-13,17,19-20,22H,2-7,10-11,14-16H2,1H3. The SMILES string of the molecule is COC1CN(C2CCN(C(=O)CCC3CCCC3)CC2)C1c1ccncc1. The van der Waals surface area contributed by atoms with E-state index < -0.39 is 0 Å². The Morgan fingerprint density at radius 2 is 1.85 bits per heavy atom. The molecule has 3 aliphatic rings. The molecular weight excluding hydrogens is 338 g/mol. The molecule has 3 heterocycles. The minimum atomic E-state index is 0.262. The lowest BCUT2D eigenvalue weighted by Crippen LogP contribution is -2.60. The topological polar surface area (TPSA) is 45.7 Å². The van der Waals surface area contributed by atoms with Gasteiger partial charge >= 0.3 is 0 Å². The van der Waals surface area contributed by atoms with E-state index in [-0.39, 0.29) is 6.10 Å². The number of piperidine rings is 1. The second kappa shape index (κ2) is 8.70. The van der Waals surface area contributed by atoms with Crippen molar-refractivity contribution in [2.45, 2.75) is 69.6 Å². The minimum absolute atomic E-state index is 0.262. The number of nitrogens with zero attached hydrogens (tertiary/aromatic N) is 3. The number of aromatic nitrogens is 1. The van der Waals surface area contributed by atoms with Crippen LogP contribution in [0.5, 0.6) is 0 Å². The van der Waals surface area contributed by atoms with Crippen LogP contribution >= 0.6 is 0 Å². The molecule has 0 radical (unpaired) electrons. The van der Waals surface area contributed by atoms with Gasteiger partial charge in [-0.2, -0.15) is 0 Å². The van der Waals surface area contributed by atoms with E-state index in [9.17, 15) is 4.79 Å². The van der Waals surface area contributed by atoms with E-state index in [4.69, 9.17) is 4.74 Å². The highest BCUT2D eigenvalue weighted by atomic mass is 16.5. The van der Waals surface area contributed by atoms with Crippen molar-refractivity contribution in [3.8, 4) is 0 Å². The Bertz CT molecular complexity index is 609. The molecule has 1 saturated carbocycles. The number of rotatable bonds is 6. The highest BCUT2D eigenvalue weighted by molar-refractivity contribution is 5.76. The van der Waals surface area contributed by atoms with Gasteiger partial charge in [-0.05, 0) is 42.9 Å². The maximum atomic E-state index is 12.6. The molecule has 0 spiro atoms. The summed E-state index contributed by atoms with van der Waals surface area (Å²) in [6.07, 6.45) is 13.4. The Labute approximate surface area is 163 Å². The van der Waals surface area contributed by atoms with Crippen molar-refractivity contribution in [3.63, 3.8) is 0 Å². The normalized spacial score (nSPS) is 27.7. The van der Waals surface area contributed by atoms with Crippen LogP contribution in [0.1, 0.15) is 63.0 Å². The third-order valence-corrected chi connectivity index (χ3v) is 6.98. The summed E-state index contributed by atoms with van der Waals surface area (Å²) in [4.78, 5) is 21.4. The fourth-order valence-corrected chi connectivity index (χ4v) is 5.27. The quantitative estimate of drug-likeness (QED) is 0.769. The number of carbonyl (C=O) groups is 1. The molecule has 1 aliphatic carbocycles. The zero-order valence-electron chi connectivity index (χ0n) is 16.6. The van der Waals surface area contributed by atoms with E-state index in [0.717, 1.165) is 51.2 Å². The maximum Gasteiger partial charge on any atom is 0.222 e. The molecule has 3 fully saturated rings. The van der Waals surface area contributed by atoms with Crippen molar-refractivity contribution in [3.05, 3.63) is 30.1 Å². The van der Waals surface area contributed by atoms with Gasteiger partial charge in [0.15, 0.2) is 0 Å². The number of ether oxygens (including phenoxy) is 1. The molecule has 0 bridgehead atoms. The van der Waals surface area contributed by atoms with Gasteiger partial charge in [-0.25, -0.2) is 0 Å². The molecule has 5 nitrogen and oxygen atoms in total. The summed E-state index contributed by atoms with van der Waals surface area (Å²) in [6, 6.07) is 5.08. The summed E-state index contributed by atoms with van der Waals surface area (Å²) in [6.45, 7) is 2.81. The number of hydrogen-bond acceptors (Lipinski definition) is 4. The van der Waals surface area contributed by atoms with Gasteiger partial charge in [0.25, 0.3) is 0 Å². The van der Waals surface area contributed by atoms with Crippen LogP contribution in [0.25, 0.3) is 0 Å².